The van der Waals surface area contributed by atoms with Crippen molar-refractivity contribution in [1.82, 2.24) is 5.32 Å². The number of carbonyl (C=O) groups is 1. The van der Waals surface area contributed by atoms with E-state index in [-0.39, 0.29) is 0 Å². The van der Waals surface area contributed by atoms with Gasteiger partial charge in [-0.15, -0.1) is 0 Å². The number of nitrogens with one attached hydrogen (secondary N) is 1. The Bertz CT molecular complexity index is 277. The number of amides is 1. The third-order valence-electron chi connectivity index (χ3n) is 1.21. The Labute approximate surface area is 90.7 Å². The van der Waals surface area contributed by atoms with Crippen LogP contribution >= 0.6 is 16.5 Å². The third-order valence-corrected chi connectivity index (χ3v) is 2.20. The molecule has 0 aromatic carbocycles. The zero-order valence-electron chi connectivity index (χ0n) is 7.74. The van der Waals surface area contributed by atoms with E-state index in [4.69, 9.17) is 14.9 Å². The Hall–Kier alpha value is -0.470. The lowest BCUT2D eigenvalue weighted by Crippen LogP contribution is -2.36. The van der Waals surface area contributed by atoms with Crippen LogP contribution in [0.5, 0.6) is 0 Å². The van der Waals surface area contributed by atoms with Gasteiger partial charge in [0.05, 0.1) is 0 Å². The maximum atomic E-state index is 10.3. The van der Waals surface area contributed by atoms with Crippen molar-refractivity contribution in [3.8, 4) is 0 Å². The van der Waals surface area contributed by atoms with Gasteiger partial charge in [0.2, 0.25) is 0 Å². The fraction of sp³-hybridized carbons (Fsp3) is 0.750. The van der Waals surface area contributed by atoms with Crippen molar-refractivity contribution in [3.05, 3.63) is 0 Å². The summed E-state index contributed by atoms with van der Waals surface area (Å²) in [4.78, 5) is 26.8. The monoisotopic (exact) mass is 279 g/mol. The predicted octanol–water partition coefficient (Wildman–Crippen LogP) is -0.913. The van der Waals surface area contributed by atoms with E-state index in [1.54, 1.807) is 5.32 Å². The van der Waals surface area contributed by atoms with Crippen LogP contribution in [-0.4, -0.2) is 38.6 Å². The van der Waals surface area contributed by atoms with Crippen molar-refractivity contribution < 1.29 is 43.0 Å². The van der Waals surface area contributed by atoms with E-state index in [2.05, 4.69) is 9.05 Å². The van der Waals surface area contributed by atoms with Crippen LogP contribution in [-0.2, 0) is 18.2 Å². The van der Waals surface area contributed by atoms with Crippen LogP contribution in [0.2, 0.25) is 0 Å². The van der Waals surface area contributed by atoms with Gasteiger partial charge in [-0.05, 0) is 0 Å². The molecule has 0 aliphatic heterocycles. The number of hydrogen-bond acceptors (Lipinski definition) is 6. The van der Waals surface area contributed by atoms with E-state index in [9.17, 15) is 19.0 Å². The first-order valence-corrected chi connectivity index (χ1v) is 6.31. The van der Waals surface area contributed by atoms with E-state index in [0.29, 0.717) is 0 Å². The SMILES string of the molecule is O=C(O)NCCC(O)(O[PH](=O)O)O[PH](=O)O. The molecule has 0 spiro atoms. The highest BCUT2D eigenvalue weighted by Crippen LogP contribution is 2.34. The second kappa shape index (κ2) is 6.97. The Balaban J connectivity index is 4.34. The molecule has 5 N–H and O–H groups in total. The molecule has 12 heteroatoms. The lowest BCUT2D eigenvalue weighted by atomic mass is 10.4. The molecular weight excluding hydrogens is 268 g/mol. The van der Waals surface area contributed by atoms with Crippen LogP contribution in [0.15, 0.2) is 0 Å². The number of aliphatic hydroxyl groups is 1. The minimum Gasteiger partial charge on any atom is -0.465 e. The zero-order chi connectivity index (χ0) is 12.8. The molecule has 2 unspecified atom stereocenters. The van der Waals surface area contributed by atoms with Crippen molar-refractivity contribution in [2.75, 3.05) is 6.54 Å². The Morgan fingerprint density at radius 1 is 1.25 bits per heavy atom. The summed E-state index contributed by atoms with van der Waals surface area (Å²) in [6.45, 7) is -0.407. The predicted molar refractivity (Wildman–Crippen MR) is 50.2 cm³/mol. The van der Waals surface area contributed by atoms with Gasteiger partial charge in [-0.25, -0.2) is 4.79 Å². The van der Waals surface area contributed by atoms with E-state index in [1.807, 2.05) is 0 Å². The Kier molecular flexibility index (Phi) is 6.77. The summed E-state index contributed by atoms with van der Waals surface area (Å²) in [6, 6.07) is 0. The smallest absolute Gasteiger partial charge is 0.404 e. The fourth-order valence-corrected chi connectivity index (χ4v) is 1.64. The van der Waals surface area contributed by atoms with E-state index >= 15 is 0 Å². The summed E-state index contributed by atoms with van der Waals surface area (Å²) in [5.41, 5.74) is 0. The summed E-state index contributed by atoms with van der Waals surface area (Å²) in [5.74, 6) is -2.78. The maximum absolute atomic E-state index is 10.3. The van der Waals surface area contributed by atoms with Gasteiger partial charge in [-0.1, -0.05) is 0 Å². The van der Waals surface area contributed by atoms with Crippen LogP contribution in [0.1, 0.15) is 6.42 Å². The molecule has 0 saturated carbocycles. The number of rotatable bonds is 7. The topological polar surface area (TPSA) is 163 Å². The highest BCUT2D eigenvalue weighted by Gasteiger charge is 2.33. The van der Waals surface area contributed by atoms with Crippen molar-refractivity contribution >= 4 is 22.6 Å². The molecule has 1 amide bonds. The lowest BCUT2D eigenvalue weighted by Gasteiger charge is -2.24. The molecule has 0 aromatic rings. The normalized spacial score (nSPS) is 18.4. The van der Waals surface area contributed by atoms with E-state index in [0.717, 1.165) is 0 Å². The molecule has 0 rings (SSSR count). The van der Waals surface area contributed by atoms with Crippen molar-refractivity contribution in [2.45, 2.75) is 12.4 Å². The first-order chi connectivity index (χ1) is 7.25. The quantitative estimate of drug-likeness (QED) is 0.293. The van der Waals surface area contributed by atoms with Crippen LogP contribution in [0.4, 0.5) is 4.79 Å². The van der Waals surface area contributed by atoms with E-state index in [1.165, 1.54) is 0 Å². The molecule has 10 nitrogen and oxygen atoms in total. The summed E-state index contributed by atoms with van der Waals surface area (Å²) in [7, 11) is -7.24. The van der Waals surface area contributed by atoms with Crippen molar-refractivity contribution in [1.29, 1.82) is 0 Å². The molecule has 2 atom stereocenters. The average Bonchev–Trinajstić information content (AvgIpc) is 1.98. The van der Waals surface area contributed by atoms with Crippen LogP contribution in [0, 0.1) is 0 Å². The third kappa shape index (κ3) is 7.77. The fourth-order valence-electron chi connectivity index (χ4n) is 0.723. The van der Waals surface area contributed by atoms with Crippen LogP contribution < -0.4 is 5.32 Å². The van der Waals surface area contributed by atoms with Gasteiger partial charge in [0.15, 0.2) is 0 Å². The van der Waals surface area contributed by atoms with E-state index < -0.39 is 41.5 Å². The summed E-state index contributed by atoms with van der Waals surface area (Å²) >= 11 is 0. The first-order valence-electron chi connectivity index (χ1n) is 3.78. The Morgan fingerprint density at radius 3 is 2.00 bits per heavy atom. The van der Waals surface area contributed by atoms with Crippen LogP contribution in [0.3, 0.4) is 0 Å². The molecule has 0 aliphatic rings. The number of hydrogen-bond donors (Lipinski definition) is 5. The van der Waals surface area contributed by atoms with Gasteiger partial charge in [0.1, 0.15) is 0 Å². The standard InChI is InChI=1S/C4H11NO9P2/c6-3(7)5-2-1-4(8,13-15(9)10)14-16(11)12/h5,8,15-16H,1-2H2,(H,6,7)(H,9,10)(H,11,12). The minimum absolute atomic E-state index is 0.407. The second-order valence-electron chi connectivity index (χ2n) is 2.43. The van der Waals surface area contributed by atoms with Crippen LogP contribution in [0.25, 0.3) is 0 Å². The summed E-state index contributed by atoms with van der Waals surface area (Å²) in [6.07, 6.45) is -2.04. The van der Waals surface area contributed by atoms with Gasteiger partial charge < -0.3 is 25.3 Å². The highest BCUT2D eigenvalue weighted by molar-refractivity contribution is 7.33. The first kappa shape index (κ1) is 15.5. The molecule has 0 radical (unpaired) electrons. The number of carboxylic acid groups (broad SMARTS) is 1. The molecule has 0 fully saturated rings. The molecule has 96 valence electrons. The van der Waals surface area contributed by atoms with Gasteiger partial charge in [-0.3, -0.25) is 18.2 Å². The lowest BCUT2D eigenvalue weighted by molar-refractivity contribution is -0.275. The average molecular weight is 279 g/mol. The maximum Gasteiger partial charge on any atom is 0.404 e. The van der Waals surface area contributed by atoms with Crippen molar-refractivity contribution in [3.63, 3.8) is 0 Å². The van der Waals surface area contributed by atoms with Gasteiger partial charge in [-0.2, -0.15) is 0 Å². The summed E-state index contributed by atoms with van der Waals surface area (Å²) in [5, 5.41) is 19.3. The molecule has 16 heavy (non-hydrogen) atoms. The molecule has 0 heterocycles. The minimum atomic E-state index is -3.62. The molecule has 0 aliphatic carbocycles. The van der Waals surface area contributed by atoms with Gasteiger partial charge in [0, 0.05) is 13.0 Å². The second-order valence-corrected chi connectivity index (χ2v) is 3.90. The summed E-state index contributed by atoms with van der Waals surface area (Å²) < 4.78 is 28.6. The molecule has 0 bridgehead atoms. The molecule has 0 aromatic heterocycles. The zero-order valence-corrected chi connectivity index (χ0v) is 9.74. The largest absolute Gasteiger partial charge is 0.465 e. The van der Waals surface area contributed by atoms with Crippen molar-refractivity contribution in [2.24, 2.45) is 0 Å². The highest BCUT2D eigenvalue weighted by atomic mass is 31.1. The van der Waals surface area contributed by atoms with Gasteiger partial charge >= 0.3 is 22.6 Å². The molecule has 0 saturated heterocycles. The van der Waals surface area contributed by atoms with Gasteiger partial charge in [0.25, 0.3) is 5.97 Å². The Morgan fingerprint density at radius 2 is 1.69 bits per heavy atom. The molecular formula is C4H11NO9P2.